The molecule has 2 rings (SSSR count). The standard InChI is InChI=1S/C11H15N3O/c1-14(4-5-15)7-9-2-3-10-11(6-9)13-8-12-10/h2-3,6,8,15H,4-5,7H2,1H3,(H,12,13). The van der Waals surface area contributed by atoms with Crippen LogP contribution in [0.3, 0.4) is 0 Å². The molecule has 1 aromatic heterocycles. The summed E-state index contributed by atoms with van der Waals surface area (Å²) in [5.74, 6) is 0. The first-order chi connectivity index (χ1) is 7.29. The molecule has 1 heterocycles. The lowest BCUT2D eigenvalue weighted by molar-refractivity contribution is 0.217. The number of aromatic amines is 1. The summed E-state index contributed by atoms with van der Waals surface area (Å²) >= 11 is 0. The highest BCUT2D eigenvalue weighted by atomic mass is 16.3. The zero-order chi connectivity index (χ0) is 10.7. The fourth-order valence-electron chi connectivity index (χ4n) is 1.64. The summed E-state index contributed by atoms with van der Waals surface area (Å²) in [5, 5.41) is 8.80. The average molecular weight is 205 g/mol. The first-order valence-electron chi connectivity index (χ1n) is 5.01. The van der Waals surface area contributed by atoms with Crippen LogP contribution in [0.5, 0.6) is 0 Å². The minimum atomic E-state index is 0.197. The highest BCUT2D eigenvalue weighted by Crippen LogP contribution is 2.12. The smallest absolute Gasteiger partial charge is 0.0931 e. The SMILES string of the molecule is CN(CCO)Cc1ccc2nc[nH]c2c1. The number of benzene rings is 1. The Morgan fingerprint density at radius 1 is 1.47 bits per heavy atom. The summed E-state index contributed by atoms with van der Waals surface area (Å²) in [6.07, 6.45) is 1.70. The second-order valence-electron chi connectivity index (χ2n) is 3.72. The van der Waals surface area contributed by atoms with Crippen LogP contribution < -0.4 is 0 Å². The topological polar surface area (TPSA) is 52.1 Å². The summed E-state index contributed by atoms with van der Waals surface area (Å²) in [6, 6.07) is 6.17. The third kappa shape index (κ3) is 2.34. The van der Waals surface area contributed by atoms with Crippen molar-refractivity contribution in [1.29, 1.82) is 0 Å². The van der Waals surface area contributed by atoms with Crippen LogP contribution >= 0.6 is 0 Å². The number of nitrogens with zero attached hydrogens (tertiary/aromatic N) is 2. The molecule has 0 saturated carbocycles. The monoisotopic (exact) mass is 205 g/mol. The summed E-state index contributed by atoms with van der Waals surface area (Å²) in [6.45, 7) is 1.74. The van der Waals surface area contributed by atoms with Gasteiger partial charge in [-0.3, -0.25) is 4.90 Å². The van der Waals surface area contributed by atoms with E-state index in [4.69, 9.17) is 5.11 Å². The summed E-state index contributed by atoms with van der Waals surface area (Å²) < 4.78 is 0. The number of aliphatic hydroxyl groups excluding tert-OH is 1. The summed E-state index contributed by atoms with van der Waals surface area (Å²) in [4.78, 5) is 9.33. The first-order valence-corrected chi connectivity index (χ1v) is 5.01. The molecule has 0 atom stereocenters. The minimum absolute atomic E-state index is 0.197. The van der Waals surface area contributed by atoms with Crippen molar-refractivity contribution in [3.63, 3.8) is 0 Å². The average Bonchev–Trinajstić information content (AvgIpc) is 2.65. The van der Waals surface area contributed by atoms with Gasteiger partial charge < -0.3 is 10.1 Å². The van der Waals surface area contributed by atoms with Crippen LogP contribution in [0.2, 0.25) is 0 Å². The Bertz CT molecular complexity index is 438. The lowest BCUT2D eigenvalue weighted by Crippen LogP contribution is -2.21. The molecule has 1 aromatic carbocycles. The minimum Gasteiger partial charge on any atom is -0.395 e. The number of rotatable bonds is 4. The van der Waals surface area contributed by atoms with Crippen molar-refractivity contribution in [1.82, 2.24) is 14.9 Å². The van der Waals surface area contributed by atoms with E-state index in [1.165, 1.54) is 5.56 Å². The molecular weight excluding hydrogens is 190 g/mol. The molecule has 0 aliphatic carbocycles. The first kappa shape index (κ1) is 10.1. The van der Waals surface area contributed by atoms with E-state index in [2.05, 4.69) is 27.0 Å². The molecule has 0 radical (unpaired) electrons. The Morgan fingerprint density at radius 2 is 2.33 bits per heavy atom. The van der Waals surface area contributed by atoms with Crippen molar-refractivity contribution in [2.24, 2.45) is 0 Å². The molecule has 0 aliphatic rings. The molecule has 15 heavy (non-hydrogen) atoms. The van der Waals surface area contributed by atoms with Crippen molar-refractivity contribution < 1.29 is 5.11 Å². The lowest BCUT2D eigenvalue weighted by atomic mass is 10.2. The van der Waals surface area contributed by atoms with Crippen LogP contribution in [0, 0.1) is 0 Å². The van der Waals surface area contributed by atoms with Gasteiger partial charge in [0.05, 0.1) is 24.0 Å². The van der Waals surface area contributed by atoms with Crippen LogP contribution in [-0.4, -0.2) is 40.2 Å². The van der Waals surface area contributed by atoms with Crippen LogP contribution in [-0.2, 0) is 6.54 Å². The van der Waals surface area contributed by atoms with Crippen LogP contribution in [0.25, 0.3) is 11.0 Å². The van der Waals surface area contributed by atoms with Gasteiger partial charge in [0.25, 0.3) is 0 Å². The van der Waals surface area contributed by atoms with E-state index < -0.39 is 0 Å². The predicted molar refractivity (Wildman–Crippen MR) is 59.5 cm³/mol. The number of imidazole rings is 1. The lowest BCUT2D eigenvalue weighted by Gasteiger charge is -2.14. The van der Waals surface area contributed by atoms with Gasteiger partial charge in [-0.1, -0.05) is 6.07 Å². The van der Waals surface area contributed by atoms with E-state index >= 15 is 0 Å². The van der Waals surface area contributed by atoms with Gasteiger partial charge in [-0.05, 0) is 24.7 Å². The number of hydrogen-bond donors (Lipinski definition) is 2. The molecule has 4 nitrogen and oxygen atoms in total. The Balaban J connectivity index is 2.14. The fraction of sp³-hybridized carbons (Fsp3) is 0.364. The number of aliphatic hydroxyl groups is 1. The number of H-pyrrole nitrogens is 1. The predicted octanol–water partition coefficient (Wildman–Crippen LogP) is 0.987. The summed E-state index contributed by atoms with van der Waals surface area (Å²) in [5.41, 5.74) is 3.27. The fourth-order valence-corrected chi connectivity index (χ4v) is 1.64. The van der Waals surface area contributed by atoms with Gasteiger partial charge in [-0.15, -0.1) is 0 Å². The number of nitrogens with one attached hydrogen (secondary N) is 1. The Morgan fingerprint density at radius 3 is 3.13 bits per heavy atom. The zero-order valence-electron chi connectivity index (χ0n) is 8.77. The molecule has 2 aromatic rings. The molecule has 0 fully saturated rings. The maximum Gasteiger partial charge on any atom is 0.0931 e. The Kier molecular flexibility index (Phi) is 2.99. The van der Waals surface area contributed by atoms with Crippen LogP contribution in [0.4, 0.5) is 0 Å². The second kappa shape index (κ2) is 4.42. The van der Waals surface area contributed by atoms with Crippen LogP contribution in [0.1, 0.15) is 5.56 Å². The Labute approximate surface area is 88.6 Å². The highest BCUT2D eigenvalue weighted by Gasteiger charge is 2.01. The van der Waals surface area contributed by atoms with E-state index in [9.17, 15) is 0 Å². The van der Waals surface area contributed by atoms with Crippen molar-refractivity contribution in [3.05, 3.63) is 30.1 Å². The Hall–Kier alpha value is -1.39. The van der Waals surface area contributed by atoms with Gasteiger partial charge in [-0.2, -0.15) is 0 Å². The van der Waals surface area contributed by atoms with Crippen molar-refractivity contribution in [2.45, 2.75) is 6.54 Å². The summed E-state index contributed by atoms with van der Waals surface area (Å²) in [7, 11) is 1.99. The normalized spacial score (nSPS) is 11.4. The highest BCUT2D eigenvalue weighted by molar-refractivity contribution is 5.74. The van der Waals surface area contributed by atoms with Crippen molar-refractivity contribution >= 4 is 11.0 Å². The zero-order valence-corrected chi connectivity index (χ0v) is 8.77. The quantitative estimate of drug-likeness (QED) is 0.782. The maximum absolute atomic E-state index is 8.80. The van der Waals surface area contributed by atoms with E-state index in [0.717, 1.165) is 17.6 Å². The molecule has 2 N–H and O–H groups in total. The van der Waals surface area contributed by atoms with Gasteiger partial charge >= 0.3 is 0 Å². The number of likely N-dealkylation sites (N-methyl/N-ethyl adjacent to an activating group) is 1. The molecular formula is C11H15N3O. The van der Waals surface area contributed by atoms with Gasteiger partial charge in [-0.25, -0.2) is 4.98 Å². The van der Waals surface area contributed by atoms with Gasteiger partial charge in [0, 0.05) is 13.1 Å². The molecule has 80 valence electrons. The third-order valence-electron chi connectivity index (χ3n) is 2.42. The van der Waals surface area contributed by atoms with E-state index in [-0.39, 0.29) is 6.61 Å². The van der Waals surface area contributed by atoms with Crippen molar-refractivity contribution in [2.75, 3.05) is 20.2 Å². The van der Waals surface area contributed by atoms with Gasteiger partial charge in [0.1, 0.15) is 0 Å². The molecule has 0 unspecified atom stereocenters. The molecule has 0 bridgehead atoms. The van der Waals surface area contributed by atoms with E-state index in [0.29, 0.717) is 6.54 Å². The molecule has 0 spiro atoms. The second-order valence-corrected chi connectivity index (χ2v) is 3.72. The van der Waals surface area contributed by atoms with Gasteiger partial charge in [0.15, 0.2) is 0 Å². The molecule has 4 heteroatoms. The number of fused-ring (bicyclic) bond motifs is 1. The molecule has 0 aliphatic heterocycles. The largest absolute Gasteiger partial charge is 0.395 e. The van der Waals surface area contributed by atoms with E-state index in [1.54, 1.807) is 6.33 Å². The molecule has 0 amide bonds. The number of hydrogen-bond acceptors (Lipinski definition) is 3. The van der Waals surface area contributed by atoms with Crippen molar-refractivity contribution in [3.8, 4) is 0 Å². The third-order valence-corrected chi connectivity index (χ3v) is 2.42. The van der Waals surface area contributed by atoms with Gasteiger partial charge in [0.2, 0.25) is 0 Å². The van der Waals surface area contributed by atoms with Crippen LogP contribution in [0.15, 0.2) is 24.5 Å². The van der Waals surface area contributed by atoms with E-state index in [1.807, 2.05) is 13.1 Å². The number of aromatic nitrogens is 2. The molecule has 0 saturated heterocycles. The maximum atomic E-state index is 8.80.